The van der Waals surface area contributed by atoms with Gasteiger partial charge in [-0.1, -0.05) is 30.3 Å². The van der Waals surface area contributed by atoms with Gasteiger partial charge in [0, 0.05) is 6.54 Å². The Hall–Kier alpha value is -1.59. The quantitative estimate of drug-likeness (QED) is 0.855. The molecule has 21 heavy (non-hydrogen) atoms. The minimum atomic E-state index is -0.586. The fraction of sp³-hybridized carbons (Fsp3) is 0.467. The molecule has 0 bridgehead atoms. The van der Waals surface area contributed by atoms with Crippen molar-refractivity contribution in [3.63, 3.8) is 0 Å². The highest BCUT2D eigenvalue weighted by atomic mass is 35.5. The zero-order chi connectivity index (χ0) is 14.5. The molecule has 5 nitrogen and oxygen atoms in total. The van der Waals surface area contributed by atoms with E-state index in [2.05, 4.69) is 0 Å². The average Bonchev–Trinajstić information content (AvgIpc) is 2.94. The van der Waals surface area contributed by atoms with Gasteiger partial charge in [-0.2, -0.15) is 0 Å². The van der Waals surface area contributed by atoms with Gasteiger partial charge in [0.1, 0.15) is 12.6 Å². The van der Waals surface area contributed by atoms with E-state index < -0.39 is 12.1 Å². The molecule has 1 aromatic carbocycles. The van der Waals surface area contributed by atoms with Crippen molar-refractivity contribution >= 4 is 24.3 Å². The van der Waals surface area contributed by atoms with Crippen molar-refractivity contribution in [1.82, 2.24) is 4.90 Å². The minimum absolute atomic E-state index is 0. The van der Waals surface area contributed by atoms with Crippen molar-refractivity contribution in [2.75, 3.05) is 6.54 Å². The molecule has 2 atom stereocenters. The summed E-state index contributed by atoms with van der Waals surface area (Å²) >= 11 is 0. The van der Waals surface area contributed by atoms with Gasteiger partial charge < -0.3 is 15.4 Å². The maximum atomic E-state index is 12.1. The first-order chi connectivity index (χ1) is 9.59. The number of nitrogens with two attached hydrogens (primary N) is 1. The molecule has 0 spiro atoms. The van der Waals surface area contributed by atoms with Crippen LogP contribution in [0.2, 0.25) is 0 Å². The van der Waals surface area contributed by atoms with Crippen LogP contribution in [-0.4, -0.2) is 35.4 Å². The number of amides is 1. The Labute approximate surface area is 130 Å². The Morgan fingerprint density at radius 3 is 2.67 bits per heavy atom. The number of ether oxygens (including phenoxy) is 1. The molecule has 2 unspecified atom stereocenters. The molecule has 116 valence electrons. The average molecular weight is 313 g/mol. The monoisotopic (exact) mass is 312 g/mol. The Kier molecular flexibility index (Phi) is 6.65. The lowest BCUT2D eigenvalue weighted by atomic mass is 10.2. The molecule has 1 aliphatic heterocycles. The molecular formula is C15H21ClN2O3. The van der Waals surface area contributed by atoms with E-state index >= 15 is 0 Å². The van der Waals surface area contributed by atoms with Crippen molar-refractivity contribution in [3.8, 4) is 0 Å². The van der Waals surface area contributed by atoms with Gasteiger partial charge in [0.2, 0.25) is 5.91 Å². The van der Waals surface area contributed by atoms with Crippen LogP contribution in [0.1, 0.15) is 25.3 Å². The Balaban J connectivity index is 0.00000220. The molecule has 2 rings (SSSR count). The van der Waals surface area contributed by atoms with E-state index in [0.717, 1.165) is 12.0 Å². The number of rotatable bonds is 4. The van der Waals surface area contributed by atoms with Gasteiger partial charge in [0.05, 0.1) is 6.04 Å². The third-order valence-electron chi connectivity index (χ3n) is 3.42. The van der Waals surface area contributed by atoms with Gasteiger partial charge in [-0.05, 0) is 25.3 Å². The molecule has 0 saturated carbocycles. The second kappa shape index (κ2) is 8.00. The van der Waals surface area contributed by atoms with Crippen LogP contribution in [0.25, 0.3) is 0 Å². The largest absolute Gasteiger partial charge is 0.459 e. The Bertz CT molecular complexity index is 479. The number of benzene rings is 1. The second-order valence-corrected chi connectivity index (χ2v) is 5.07. The van der Waals surface area contributed by atoms with E-state index in [1.165, 1.54) is 4.90 Å². The molecule has 6 heteroatoms. The molecule has 1 amide bonds. The van der Waals surface area contributed by atoms with Crippen molar-refractivity contribution in [3.05, 3.63) is 35.9 Å². The lowest BCUT2D eigenvalue weighted by molar-refractivity contribution is -0.154. The number of hydrogen-bond donors (Lipinski definition) is 1. The lowest BCUT2D eigenvalue weighted by Gasteiger charge is -2.24. The third-order valence-corrected chi connectivity index (χ3v) is 3.42. The van der Waals surface area contributed by atoms with Crippen LogP contribution in [0.4, 0.5) is 0 Å². The fourth-order valence-corrected chi connectivity index (χ4v) is 2.36. The molecule has 0 aliphatic carbocycles. The number of carbonyl (C=O) groups excluding carboxylic acids is 2. The van der Waals surface area contributed by atoms with Crippen LogP contribution in [0.3, 0.4) is 0 Å². The van der Waals surface area contributed by atoms with Crippen molar-refractivity contribution in [2.24, 2.45) is 5.73 Å². The van der Waals surface area contributed by atoms with Gasteiger partial charge >= 0.3 is 5.97 Å². The number of nitrogens with zero attached hydrogens (tertiary/aromatic N) is 1. The van der Waals surface area contributed by atoms with Crippen LogP contribution in [0.5, 0.6) is 0 Å². The van der Waals surface area contributed by atoms with E-state index in [9.17, 15) is 9.59 Å². The Morgan fingerprint density at radius 1 is 1.38 bits per heavy atom. The second-order valence-electron chi connectivity index (χ2n) is 5.07. The molecule has 1 heterocycles. The van der Waals surface area contributed by atoms with Gasteiger partial charge in [-0.25, -0.2) is 4.79 Å². The van der Waals surface area contributed by atoms with Crippen LogP contribution >= 0.6 is 12.4 Å². The fourth-order valence-electron chi connectivity index (χ4n) is 2.36. The van der Waals surface area contributed by atoms with Crippen LogP contribution < -0.4 is 5.73 Å². The smallest absolute Gasteiger partial charge is 0.329 e. The molecule has 1 aliphatic rings. The molecule has 1 aromatic rings. The lowest BCUT2D eigenvalue weighted by Crippen LogP contribution is -2.47. The van der Waals surface area contributed by atoms with Crippen LogP contribution in [0, 0.1) is 0 Å². The Morgan fingerprint density at radius 2 is 2.05 bits per heavy atom. The summed E-state index contributed by atoms with van der Waals surface area (Å²) in [7, 11) is 0. The van der Waals surface area contributed by atoms with E-state index in [-0.39, 0.29) is 30.9 Å². The summed E-state index contributed by atoms with van der Waals surface area (Å²) in [6.45, 7) is 2.44. The predicted octanol–water partition coefficient (Wildman–Crippen LogP) is 1.49. The first-order valence-corrected chi connectivity index (χ1v) is 6.86. The predicted molar refractivity (Wildman–Crippen MR) is 81.9 cm³/mol. The highest BCUT2D eigenvalue weighted by Gasteiger charge is 2.36. The highest BCUT2D eigenvalue weighted by Crippen LogP contribution is 2.19. The summed E-state index contributed by atoms with van der Waals surface area (Å²) < 4.78 is 5.30. The maximum absolute atomic E-state index is 12.1. The topological polar surface area (TPSA) is 72.6 Å². The zero-order valence-electron chi connectivity index (χ0n) is 12.0. The zero-order valence-corrected chi connectivity index (χ0v) is 12.8. The highest BCUT2D eigenvalue weighted by molar-refractivity contribution is 5.87. The summed E-state index contributed by atoms with van der Waals surface area (Å²) in [5.74, 6) is -0.537. The number of halogens is 1. The number of hydrogen-bond acceptors (Lipinski definition) is 4. The first kappa shape index (κ1) is 17.5. The number of esters is 1. The summed E-state index contributed by atoms with van der Waals surface area (Å²) in [5.41, 5.74) is 6.53. The van der Waals surface area contributed by atoms with E-state index in [4.69, 9.17) is 10.5 Å². The number of carbonyl (C=O) groups is 2. The third kappa shape index (κ3) is 4.44. The molecule has 1 saturated heterocycles. The SMILES string of the molecule is CC(N)C(=O)N1CCCC1C(=O)OCc1ccccc1.Cl. The van der Waals surface area contributed by atoms with Gasteiger partial charge in [0.25, 0.3) is 0 Å². The normalized spacial score (nSPS) is 18.8. The molecule has 0 radical (unpaired) electrons. The van der Waals surface area contributed by atoms with Crippen molar-refractivity contribution < 1.29 is 14.3 Å². The van der Waals surface area contributed by atoms with E-state index in [1.807, 2.05) is 30.3 Å². The molecule has 2 N–H and O–H groups in total. The van der Waals surface area contributed by atoms with Crippen LogP contribution in [0.15, 0.2) is 30.3 Å². The van der Waals surface area contributed by atoms with Gasteiger partial charge in [0.15, 0.2) is 0 Å². The van der Waals surface area contributed by atoms with Gasteiger partial charge in [-0.3, -0.25) is 4.79 Å². The maximum Gasteiger partial charge on any atom is 0.329 e. The van der Waals surface area contributed by atoms with Crippen LogP contribution in [-0.2, 0) is 20.9 Å². The van der Waals surface area contributed by atoms with Gasteiger partial charge in [-0.15, -0.1) is 12.4 Å². The van der Waals surface area contributed by atoms with E-state index in [1.54, 1.807) is 6.92 Å². The standard InChI is InChI=1S/C15H20N2O3.ClH/c1-11(16)14(18)17-9-5-8-13(17)15(19)20-10-12-6-3-2-4-7-12;/h2-4,6-7,11,13H,5,8-10,16H2,1H3;1H. The molecular weight excluding hydrogens is 292 g/mol. The van der Waals surface area contributed by atoms with Crippen molar-refractivity contribution in [2.45, 2.75) is 38.5 Å². The summed E-state index contributed by atoms with van der Waals surface area (Å²) in [6.07, 6.45) is 1.45. The van der Waals surface area contributed by atoms with E-state index in [0.29, 0.717) is 13.0 Å². The summed E-state index contributed by atoms with van der Waals surface area (Å²) in [6, 6.07) is 8.41. The first-order valence-electron chi connectivity index (χ1n) is 6.86. The number of likely N-dealkylation sites (tertiary alicyclic amines) is 1. The van der Waals surface area contributed by atoms with Crippen molar-refractivity contribution in [1.29, 1.82) is 0 Å². The summed E-state index contributed by atoms with van der Waals surface area (Å²) in [5, 5.41) is 0. The minimum Gasteiger partial charge on any atom is -0.459 e. The summed E-state index contributed by atoms with van der Waals surface area (Å²) in [4.78, 5) is 25.6. The molecule has 0 aromatic heterocycles. The molecule has 1 fully saturated rings.